The van der Waals surface area contributed by atoms with Crippen LogP contribution in [0.15, 0.2) is 36.5 Å². The highest BCUT2D eigenvalue weighted by atomic mass is 32.1. The van der Waals surface area contributed by atoms with Crippen LogP contribution in [0.1, 0.15) is 11.3 Å². The second-order valence-corrected chi connectivity index (χ2v) is 4.17. The van der Waals surface area contributed by atoms with Crippen molar-refractivity contribution in [2.24, 2.45) is 5.73 Å². The first kappa shape index (κ1) is 12.4. The minimum atomic E-state index is -0.364. The molecular weight excluding hydrogens is 251 g/mol. The van der Waals surface area contributed by atoms with Crippen LogP contribution in [0.3, 0.4) is 0 Å². The first-order valence-corrected chi connectivity index (χ1v) is 5.67. The van der Waals surface area contributed by atoms with Crippen LogP contribution in [0.5, 0.6) is 11.5 Å². The van der Waals surface area contributed by atoms with Crippen molar-refractivity contribution in [3.05, 3.63) is 53.6 Å². The average Bonchev–Trinajstić information content (AvgIpc) is 2.34. The molecule has 0 atom stereocenters. The van der Waals surface area contributed by atoms with E-state index in [9.17, 15) is 4.39 Å². The predicted octanol–water partition coefficient (Wildman–Crippen LogP) is 2.96. The molecule has 0 saturated carbocycles. The molecule has 3 nitrogen and oxygen atoms in total. The Balaban J connectivity index is 2.40. The van der Waals surface area contributed by atoms with Crippen molar-refractivity contribution < 1.29 is 9.13 Å². The van der Waals surface area contributed by atoms with Crippen molar-refractivity contribution in [2.45, 2.75) is 6.92 Å². The van der Waals surface area contributed by atoms with Gasteiger partial charge in [0.1, 0.15) is 22.2 Å². The Bertz CT molecular complexity index is 601. The van der Waals surface area contributed by atoms with E-state index in [4.69, 9.17) is 22.7 Å². The summed E-state index contributed by atoms with van der Waals surface area (Å²) in [5.41, 5.74) is 6.75. The van der Waals surface area contributed by atoms with E-state index in [0.717, 1.165) is 5.56 Å². The van der Waals surface area contributed by atoms with E-state index >= 15 is 0 Å². The molecule has 18 heavy (non-hydrogen) atoms. The van der Waals surface area contributed by atoms with Crippen molar-refractivity contribution in [2.75, 3.05) is 0 Å². The SMILES string of the molecule is Cc1ccc(F)cc1Oc1cccnc1C(N)=S. The van der Waals surface area contributed by atoms with Crippen molar-refractivity contribution in [1.29, 1.82) is 0 Å². The summed E-state index contributed by atoms with van der Waals surface area (Å²) in [5, 5.41) is 0. The van der Waals surface area contributed by atoms with Crippen LogP contribution >= 0.6 is 12.2 Å². The number of halogens is 1. The predicted molar refractivity (Wildman–Crippen MR) is 71.3 cm³/mol. The summed E-state index contributed by atoms with van der Waals surface area (Å²) in [6.07, 6.45) is 1.57. The number of hydrogen-bond donors (Lipinski definition) is 1. The first-order chi connectivity index (χ1) is 8.58. The molecule has 2 aromatic rings. The minimum Gasteiger partial charge on any atom is -0.455 e. The summed E-state index contributed by atoms with van der Waals surface area (Å²) in [4.78, 5) is 4.18. The number of aryl methyl sites for hydroxylation is 1. The fourth-order valence-corrected chi connectivity index (χ4v) is 1.61. The number of pyridine rings is 1. The Labute approximate surface area is 109 Å². The van der Waals surface area contributed by atoms with E-state index in [1.807, 2.05) is 6.92 Å². The lowest BCUT2D eigenvalue weighted by atomic mass is 10.2. The molecule has 0 aliphatic rings. The molecule has 0 aliphatic heterocycles. The normalized spacial score (nSPS) is 10.1. The van der Waals surface area contributed by atoms with Crippen LogP contribution in [0, 0.1) is 12.7 Å². The van der Waals surface area contributed by atoms with Gasteiger partial charge in [-0.15, -0.1) is 0 Å². The van der Waals surface area contributed by atoms with Gasteiger partial charge in [-0.25, -0.2) is 9.37 Å². The Morgan fingerprint density at radius 3 is 2.83 bits per heavy atom. The second-order valence-electron chi connectivity index (χ2n) is 3.73. The van der Waals surface area contributed by atoms with Crippen LogP contribution < -0.4 is 10.5 Å². The fourth-order valence-electron chi connectivity index (χ4n) is 1.46. The molecule has 0 fully saturated rings. The third-order valence-corrected chi connectivity index (χ3v) is 2.57. The Kier molecular flexibility index (Phi) is 3.53. The van der Waals surface area contributed by atoms with Gasteiger partial charge in [-0.1, -0.05) is 18.3 Å². The number of nitrogens with zero attached hydrogens (tertiary/aromatic N) is 1. The Morgan fingerprint density at radius 1 is 1.33 bits per heavy atom. The van der Waals surface area contributed by atoms with Crippen molar-refractivity contribution >= 4 is 17.2 Å². The third-order valence-electron chi connectivity index (χ3n) is 2.37. The number of ether oxygens (including phenoxy) is 1. The molecule has 0 radical (unpaired) electrons. The van der Waals surface area contributed by atoms with E-state index in [1.54, 1.807) is 24.4 Å². The molecule has 0 bridgehead atoms. The number of hydrogen-bond acceptors (Lipinski definition) is 3. The highest BCUT2D eigenvalue weighted by molar-refractivity contribution is 7.80. The molecule has 92 valence electrons. The van der Waals surface area contributed by atoms with E-state index in [1.165, 1.54) is 12.1 Å². The molecule has 0 spiro atoms. The van der Waals surface area contributed by atoms with Gasteiger partial charge < -0.3 is 10.5 Å². The van der Waals surface area contributed by atoms with Gasteiger partial charge in [-0.2, -0.15) is 0 Å². The number of thiocarbonyl (C=S) groups is 1. The van der Waals surface area contributed by atoms with Crippen LogP contribution in [0.2, 0.25) is 0 Å². The zero-order valence-electron chi connectivity index (χ0n) is 9.68. The van der Waals surface area contributed by atoms with Crippen LogP contribution in [0.25, 0.3) is 0 Å². The second kappa shape index (κ2) is 5.10. The van der Waals surface area contributed by atoms with Gasteiger partial charge in [-0.3, -0.25) is 0 Å². The Hall–Kier alpha value is -2.01. The van der Waals surface area contributed by atoms with E-state index in [0.29, 0.717) is 17.2 Å². The molecule has 0 amide bonds. The van der Waals surface area contributed by atoms with Gasteiger partial charge in [-0.05, 0) is 30.7 Å². The van der Waals surface area contributed by atoms with E-state index in [-0.39, 0.29) is 10.8 Å². The maximum absolute atomic E-state index is 13.2. The van der Waals surface area contributed by atoms with E-state index in [2.05, 4.69) is 4.98 Å². The maximum Gasteiger partial charge on any atom is 0.156 e. The number of rotatable bonds is 3. The van der Waals surface area contributed by atoms with Gasteiger partial charge >= 0.3 is 0 Å². The zero-order chi connectivity index (χ0) is 13.1. The van der Waals surface area contributed by atoms with Gasteiger partial charge in [0.2, 0.25) is 0 Å². The fraction of sp³-hybridized carbons (Fsp3) is 0.0769. The van der Waals surface area contributed by atoms with Gasteiger partial charge in [0.05, 0.1) is 0 Å². The smallest absolute Gasteiger partial charge is 0.156 e. The zero-order valence-corrected chi connectivity index (χ0v) is 10.5. The molecule has 5 heteroatoms. The molecular formula is C13H11FN2OS. The van der Waals surface area contributed by atoms with Gasteiger partial charge in [0.25, 0.3) is 0 Å². The minimum absolute atomic E-state index is 0.139. The summed E-state index contributed by atoms with van der Waals surface area (Å²) in [7, 11) is 0. The van der Waals surface area contributed by atoms with Crippen LogP contribution in [-0.4, -0.2) is 9.97 Å². The number of aromatic nitrogens is 1. The highest BCUT2D eigenvalue weighted by Gasteiger charge is 2.10. The molecule has 0 saturated heterocycles. The van der Waals surface area contributed by atoms with E-state index < -0.39 is 0 Å². The summed E-state index contributed by atoms with van der Waals surface area (Å²) in [6, 6.07) is 7.71. The molecule has 2 N–H and O–H groups in total. The summed E-state index contributed by atoms with van der Waals surface area (Å²) < 4.78 is 18.8. The molecule has 0 aliphatic carbocycles. The van der Waals surface area contributed by atoms with Crippen molar-refractivity contribution in [1.82, 2.24) is 4.98 Å². The number of nitrogens with two attached hydrogens (primary N) is 1. The topological polar surface area (TPSA) is 48.1 Å². The lowest BCUT2D eigenvalue weighted by Gasteiger charge is -2.11. The summed E-state index contributed by atoms with van der Waals surface area (Å²) in [6.45, 7) is 1.82. The Morgan fingerprint density at radius 2 is 2.11 bits per heavy atom. The highest BCUT2D eigenvalue weighted by Crippen LogP contribution is 2.27. The largest absolute Gasteiger partial charge is 0.455 e. The van der Waals surface area contributed by atoms with Crippen LogP contribution in [0.4, 0.5) is 4.39 Å². The van der Waals surface area contributed by atoms with Crippen LogP contribution in [-0.2, 0) is 0 Å². The van der Waals surface area contributed by atoms with Crippen molar-refractivity contribution in [3.8, 4) is 11.5 Å². The van der Waals surface area contributed by atoms with Crippen molar-refractivity contribution in [3.63, 3.8) is 0 Å². The maximum atomic E-state index is 13.2. The third kappa shape index (κ3) is 2.62. The molecule has 0 unspecified atom stereocenters. The average molecular weight is 262 g/mol. The standard InChI is InChI=1S/C13H11FN2OS/c1-8-4-5-9(14)7-11(8)17-10-3-2-6-16-12(10)13(15)18/h2-7H,1H3,(H2,15,18). The lowest BCUT2D eigenvalue weighted by Crippen LogP contribution is -2.12. The monoisotopic (exact) mass is 262 g/mol. The molecule has 1 heterocycles. The first-order valence-electron chi connectivity index (χ1n) is 5.27. The molecule has 2 rings (SSSR count). The number of benzene rings is 1. The molecule has 1 aromatic carbocycles. The van der Waals surface area contributed by atoms with Gasteiger partial charge in [0, 0.05) is 12.3 Å². The summed E-state index contributed by atoms with van der Waals surface area (Å²) >= 11 is 4.89. The molecule has 1 aromatic heterocycles. The lowest BCUT2D eigenvalue weighted by molar-refractivity contribution is 0.469. The summed E-state index contributed by atoms with van der Waals surface area (Å²) in [5.74, 6) is 0.468. The van der Waals surface area contributed by atoms with Gasteiger partial charge in [0.15, 0.2) is 5.75 Å². The quantitative estimate of drug-likeness (QED) is 0.864.